The van der Waals surface area contributed by atoms with Gasteiger partial charge in [0.2, 0.25) is 5.95 Å². The first kappa shape index (κ1) is 18.7. The molecule has 2 aromatic carbocycles. The summed E-state index contributed by atoms with van der Waals surface area (Å²) in [4.78, 5) is 13.9. The van der Waals surface area contributed by atoms with Gasteiger partial charge in [-0.25, -0.2) is 9.55 Å². The summed E-state index contributed by atoms with van der Waals surface area (Å²) in [5.41, 5.74) is 3.98. The third-order valence-electron chi connectivity index (χ3n) is 4.36. The van der Waals surface area contributed by atoms with Crippen molar-refractivity contribution in [3.63, 3.8) is 0 Å². The van der Waals surface area contributed by atoms with Gasteiger partial charge in [0, 0.05) is 5.69 Å². The van der Waals surface area contributed by atoms with Gasteiger partial charge >= 0.3 is 6.01 Å². The Morgan fingerprint density at radius 2 is 1.59 bits per heavy atom. The molecule has 0 bridgehead atoms. The number of hydrogen-bond donors (Lipinski definition) is 1. The summed E-state index contributed by atoms with van der Waals surface area (Å²) in [7, 11) is 0. The lowest BCUT2D eigenvalue weighted by atomic mass is 10.3. The summed E-state index contributed by atoms with van der Waals surface area (Å²) in [6, 6.07) is 18.1. The van der Waals surface area contributed by atoms with Crippen molar-refractivity contribution in [2.75, 3.05) is 18.5 Å². The molecule has 0 aliphatic rings. The van der Waals surface area contributed by atoms with Crippen molar-refractivity contribution in [2.45, 2.75) is 20.8 Å². The van der Waals surface area contributed by atoms with E-state index in [0.717, 1.165) is 22.8 Å². The molecule has 2 heterocycles. The summed E-state index contributed by atoms with van der Waals surface area (Å²) in [5.74, 6) is 1.33. The third-order valence-corrected chi connectivity index (χ3v) is 4.36. The first-order valence-electron chi connectivity index (χ1n) is 9.64. The van der Waals surface area contributed by atoms with Gasteiger partial charge in [-0.3, -0.25) is 0 Å². The number of imidazole rings is 1. The molecule has 0 amide bonds. The van der Waals surface area contributed by atoms with Crippen molar-refractivity contribution in [3.05, 3.63) is 60.3 Å². The van der Waals surface area contributed by atoms with Crippen LogP contribution in [0, 0.1) is 6.92 Å². The molecule has 148 valence electrons. The Morgan fingerprint density at radius 1 is 0.862 bits per heavy atom. The van der Waals surface area contributed by atoms with Gasteiger partial charge in [-0.2, -0.15) is 9.97 Å². The summed E-state index contributed by atoms with van der Waals surface area (Å²) in [6.07, 6.45) is 0. The molecule has 0 saturated heterocycles. The molecule has 4 aromatic rings. The number of nitrogens with zero attached hydrogens (tertiary/aromatic N) is 4. The summed E-state index contributed by atoms with van der Waals surface area (Å²) in [5, 5.41) is 3.26. The number of rotatable bonds is 7. The molecular weight excluding hydrogens is 366 g/mol. The molecule has 1 N–H and O–H groups in total. The lowest BCUT2D eigenvalue weighted by molar-refractivity contribution is 0.309. The van der Waals surface area contributed by atoms with Crippen LogP contribution in [-0.4, -0.2) is 32.7 Å². The number of aryl methyl sites for hydroxylation is 1. The van der Waals surface area contributed by atoms with Gasteiger partial charge in [0.05, 0.1) is 24.6 Å². The molecule has 0 atom stereocenters. The minimum atomic E-state index is 0.487. The van der Waals surface area contributed by atoms with Crippen LogP contribution in [0.1, 0.15) is 19.5 Å². The second-order valence-corrected chi connectivity index (χ2v) is 6.39. The van der Waals surface area contributed by atoms with Crippen LogP contribution in [0.5, 0.6) is 11.8 Å². The Balaban J connectivity index is 1.83. The van der Waals surface area contributed by atoms with Gasteiger partial charge in [-0.05, 0) is 57.2 Å². The fourth-order valence-electron chi connectivity index (χ4n) is 3.10. The highest BCUT2D eigenvalue weighted by atomic mass is 16.5. The largest absolute Gasteiger partial charge is 0.494 e. The first-order chi connectivity index (χ1) is 14.2. The van der Waals surface area contributed by atoms with E-state index in [1.807, 2.05) is 79.9 Å². The van der Waals surface area contributed by atoms with E-state index in [1.165, 1.54) is 0 Å². The molecule has 0 spiro atoms. The molecule has 0 fully saturated rings. The minimum Gasteiger partial charge on any atom is -0.494 e. The Labute approximate surface area is 169 Å². The fourth-order valence-corrected chi connectivity index (χ4v) is 3.10. The maximum Gasteiger partial charge on any atom is 0.303 e. The fraction of sp³-hybridized carbons (Fsp3) is 0.227. The van der Waals surface area contributed by atoms with Crippen molar-refractivity contribution >= 4 is 22.8 Å². The molecule has 7 nitrogen and oxygen atoms in total. The number of aromatic nitrogens is 4. The standard InChI is InChI=1S/C22H23N5O2/c1-4-28-18-13-11-17(12-14-18)27-20-19(25-22(27)29-5-2)15(3)23-21(26-20)24-16-9-7-6-8-10-16/h6-14H,4-5H2,1-3H3,(H,23,24,26). The zero-order valence-electron chi connectivity index (χ0n) is 16.7. The van der Waals surface area contributed by atoms with Gasteiger partial charge in [-0.15, -0.1) is 0 Å². The topological polar surface area (TPSA) is 74.1 Å². The third kappa shape index (κ3) is 3.85. The summed E-state index contributed by atoms with van der Waals surface area (Å²) >= 11 is 0. The van der Waals surface area contributed by atoms with E-state index < -0.39 is 0 Å². The van der Waals surface area contributed by atoms with Crippen LogP contribution in [-0.2, 0) is 0 Å². The predicted octanol–water partition coefficient (Wildman–Crippen LogP) is 4.66. The van der Waals surface area contributed by atoms with Crippen molar-refractivity contribution in [1.82, 2.24) is 19.5 Å². The number of fused-ring (bicyclic) bond motifs is 1. The summed E-state index contributed by atoms with van der Waals surface area (Å²) < 4.78 is 13.3. The zero-order chi connectivity index (χ0) is 20.2. The second-order valence-electron chi connectivity index (χ2n) is 6.39. The van der Waals surface area contributed by atoms with E-state index in [9.17, 15) is 0 Å². The highest BCUT2D eigenvalue weighted by molar-refractivity contribution is 5.79. The van der Waals surface area contributed by atoms with Crippen LogP contribution in [0.4, 0.5) is 11.6 Å². The number of hydrogen-bond acceptors (Lipinski definition) is 6. The van der Waals surface area contributed by atoms with Gasteiger partial charge in [0.15, 0.2) is 5.65 Å². The maximum atomic E-state index is 5.80. The molecule has 2 aromatic heterocycles. The Bertz CT molecular complexity index is 1110. The second kappa shape index (κ2) is 8.18. The molecule has 0 unspecified atom stereocenters. The molecule has 0 aliphatic carbocycles. The van der Waals surface area contributed by atoms with Crippen molar-refractivity contribution in [2.24, 2.45) is 0 Å². The van der Waals surface area contributed by atoms with Crippen LogP contribution in [0.3, 0.4) is 0 Å². The monoisotopic (exact) mass is 389 g/mol. The molecular formula is C22H23N5O2. The van der Waals surface area contributed by atoms with E-state index in [1.54, 1.807) is 0 Å². The number of ether oxygens (including phenoxy) is 2. The average Bonchev–Trinajstić information content (AvgIpc) is 3.09. The lowest BCUT2D eigenvalue weighted by Gasteiger charge is -2.11. The number of benzene rings is 2. The Morgan fingerprint density at radius 3 is 2.28 bits per heavy atom. The SMILES string of the molecule is CCOc1ccc(-n2c(OCC)nc3c(C)nc(Nc4ccccc4)nc32)cc1. The normalized spacial score (nSPS) is 10.9. The maximum absolute atomic E-state index is 5.80. The van der Waals surface area contributed by atoms with Crippen molar-refractivity contribution in [1.29, 1.82) is 0 Å². The van der Waals surface area contributed by atoms with E-state index >= 15 is 0 Å². The van der Waals surface area contributed by atoms with Crippen LogP contribution in [0.15, 0.2) is 54.6 Å². The van der Waals surface area contributed by atoms with Crippen molar-refractivity contribution in [3.8, 4) is 17.4 Å². The van der Waals surface area contributed by atoms with E-state index in [2.05, 4.69) is 15.3 Å². The van der Waals surface area contributed by atoms with Crippen LogP contribution >= 0.6 is 0 Å². The highest BCUT2D eigenvalue weighted by Gasteiger charge is 2.18. The highest BCUT2D eigenvalue weighted by Crippen LogP contribution is 2.29. The van der Waals surface area contributed by atoms with Crippen LogP contribution in [0.25, 0.3) is 16.9 Å². The first-order valence-corrected chi connectivity index (χ1v) is 9.64. The molecule has 7 heteroatoms. The Hall–Kier alpha value is -3.61. The average molecular weight is 389 g/mol. The number of nitrogens with one attached hydrogen (secondary N) is 1. The molecule has 0 saturated carbocycles. The smallest absolute Gasteiger partial charge is 0.303 e. The molecule has 0 aliphatic heterocycles. The molecule has 4 rings (SSSR count). The Kier molecular flexibility index (Phi) is 5.29. The molecule has 0 radical (unpaired) electrons. The van der Waals surface area contributed by atoms with Crippen molar-refractivity contribution < 1.29 is 9.47 Å². The van der Waals surface area contributed by atoms with Gasteiger partial charge in [0.1, 0.15) is 11.3 Å². The van der Waals surface area contributed by atoms with Crippen LogP contribution < -0.4 is 14.8 Å². The van der Waals surface area contributed by atoms with E-state index in [0.29, 0.717) is 36.3 Å². The quantitative estimate of drug-likeness (QED) is 0.495. The number of para-hydroxylation sites is 1. The van der Waals surface area contributed by atoms with Crippen LogP contribution in [0.2, 0.25) is 0 Å². The van der Waals surface area contributed by atoms with Gasteiger partial charge in [0.25, 0.3) is 0 Å². The molecule has 29 heavy (non-hydrogen) atoms. The lowest BCUT2D eigenvalue weighted by Crippen LogP contribution is -2.04. The number of anilines is 2. The van der Waals surface area contributed by atoms with E-state index in [4.69, 9.17) is 14.5 Å². The zero-order valence-corrected chi connectivity index (χ0v) is 16.7. The van der Waals surface area contributed by atoms with Gasteiger partial charge in [-0.1, -0.05) is 18.2 Å². The minimum absolute atomic E-state index is 0.487. The summed E-state index contributed by atoms with van der Waals surface area (Å²) in [6.45, 7) is 6.94. The van der Waals surface area contributed by atoms with E-state index in [-0.39, 0.29) is 0 Å². The predicted molar refractivity (Wildman–Crippen MR) is 113 cm³/mol. The van der Waals surface area contributed by atoms with Gasteiger partial charge < -0.3 is 14.8 Å².